The molecule has 0 amide bonds. The summed E-state index contributed by atoms with van der Waals surface area (Å²) in [6.45, 7) is 9.36. The van der Waals surface area contributed by atoms with Gasteiger partial charge in [0.15, 0.2) is 0 Å². The van der Waals surface area contributed by atoms with Gasteiger partial charge in [-0.2, -0.15) is 0 Å². The zero-order valence-electron chi connectivity index (χ0n) is 18.0. The van der Waals surface area contributed by atoms with Gasteiger partial charge in [0.1, 0.15) is 0 Å². The Morgan fingerprint density at radius 1 is 0.480 bits per heavy atom. The number of hydrogen-bond acceptors (Lipinski definition) is 1. The number of nitrogens with zero attached hydrogens (tertiary/aromatic N) is 1. The van der Waals surface area contributed by atoms with Crippen LogP contribution in [0.25, 0.3) is 0 Å². The van der Waals surface area contributed by atoms with Crippen LogP contribution in [0.1, 0.15) is 130 Å². The largest absolute Gasteiger partial charge is 0.378 e. The lowest BCUT2D eigenvalue weighted by Gasteiger charge is -2.20. The van der Waals surface area contributed by atoms with Crippen LogP contribution in [0.4, 0.5) is 0 Å². The quantitative estimate of drug-likeness (QED) is 0.199. The topological polar surface area (TPSA) is 3.24 Å². The Bertz CT molecular complexity index is 259. The lowest BCUT2D eigenvalue weighted by Crippen LogP contribution is -2.20. The Morgan fingerprint density at radius 3 is 1.20 bits per heavy atom. The maximum absolute atomic E-state index is 2.58. The molecule has 0 aliphatic rings. The highest BCUT2D eigenvalue weighted by atomic mass is 15.1. The molecule has 0 bridgehead atoms. The van der Waals surface area contributed by atoms with Gasteiger partial charge in [-0.3, -0.25) is 0 Å². The molecule has 0 aromatic rings. The van der Waals surface area contributed by atoms with Gasteiger partial charge in [-0.25, -0.2) is 0 Å². The van der Waals surface area contributed by atoms with Gasteiger partial charge in [0, 0.05) is 13.1 Å². The van der Waals surface area contributed by atoms with Gasteiger partial charge >= 0.3 is 0 Å². The van der Waals surface area contributed by atoms with Crippen molar-refractivity contribution >= 4 is 0 Å². The van der Waals surface area contributed by atoms with E-state index in [1.54, 1.807) is 0 Å². The summed E-state index contributed by atoms with van der Waals surface area (Å²) in [5, 5.41) is 0. The molecule has 0 fully saturated rings. The molecule has 0 aromatic heterocycles. The summed E-state index contributed by atoms with van der Waals surface area (Å²) in [4.78, 5) is 2.58. The minimum absolute atomic E-state index is 1.16. The van der Waals surface area contributed by atoms with E-state index in [0.717, 1.165) is 6.42 Å². The molecule has 0 heterocycles. The van der Waals surface area contributed by atoms with Crippen LogP contribution in [0, 0.1) is 0 Å². The van der Waals surface area contributed by atoms with Gasteiger partial charge in [-0.1, -0.05) is 117 Å². The Labute approximate surface area is 160 Å². The van der Waals surface area contributed by atoms with Crippen LogP contribution in [-0.4, -0.2) is 18.0 Å². The van der Waals surface area contributed by atoms with Crippen molar-refractivity contribution in [1.29, 1.82) is 0 Å². The summed E-state index contributed by atoms with van der Waals surface area (Å²) >= 11 is 0. The SMILES string of the molecule is CCC=CN(CCCCCCCC)CCCCCCCCCCCC. The first kappa shape index (κ1) is 24.5. The lowest BCUT2D eigenvalue weighted by molar-refractivity contribution is 0.348. The molecule has 0 saturated carbocycles. The fourth-order valence-electron chi connectivity index (χ4n) is 3.41. The van der Waals surface area contributed by atoms with Crippen molar-refractivity contribution in [3.8, 4) is 0 Å². The highest BCUT2D eigenvalue weighted by Gasteiger charge is 2.00. The van der Waals surface area contributed by atoms with E-state index >= 15 is 0 Å². The maximum atomic E-state index is 2.58. The summed E-state index contributed by atoms with van der Waals surface area (Å²) in [5.41, 5.74) is 0. The molecule has 0 radical (unpaired) electrons. The third-order valence-corrected chi connectivity index (χ3v) is 5.15. The first-order valence-electron chi connectivity index (χ1n) is 11.8. The standard InChI is InChI=1S/C24H49N/c1-4-7-10-12-14-15-16-17-19-21-24-25(22-9-6-3)23-20-18-13-11-8-5-2/h9,22H,4-8,10-21,23-24H2,1-3H3. The molecule has 150 valence electrons. The smallest absolute Gasteiger partial charge is 0.0172 e. The van der Waals surface area contributed by atoms with E-state index in [0.29, 0.717) is 0 Å². The Morgan fingerprint density at radius 2 is 0.840 bits per heavy atom. The van der Waals surface area contributed by atoms with Crippen molar-refractivity contribution < 1.29 is 0 Å². The molecule has 0 spiro atoms. The van der Waals surface area contributed by atoms with E-state index in [-0.39, 0.29) is 0 Å². The van der Waals surface area contributed by atoms with Gasteiger partial charge in [-0.15, -0.1) is 0 Å². The van der Waals surface area contributed by atoms with Gasteiger partial charge < -0.3 is 4.90 Å². The van der Waals surface area contributed by atoms with Crippen molar-refractivity contribution in [3.05, 3.63) is 12.3 Å². The van der Waals surface area contributed by atoms with Gasteiger partial charge in [0.2, 0.25) is 0 Å². The highest BCUT2D eigenvalue weighted by Crippen LogP contribution is 2.12. The highest BCUT2D eigenvalue weighted by molar-refractivity contribution is 4.81. The zero-order chi connectivity index (χ0) is 18.4. The van der Waals surface area contributed by atoms with Crippen molar-refractivity contribution in [1.82, 2.24) is 4.90 Å². The predicted molar refractivity (Wildman–Crippen MR) is 116 cm³/mol. The number of hydrogen-bond donors (Lipinski definition) is 0. The van der Waals surface area contributed by atoms with E-state index in [1.807, 2.05) is 0 Å². The second kappa shape index (κ2) is 21.6. The Balaban J connectivity index is 3.56. The minimum Gasteiger partial charge on any atom is -0.378 e. The summed E-state index contributed by atoms with van der Waals surface area (Å²) in [5.74, 6) is 0. The lowest BCUT2D eigenvalue weighted by atomic mass is 10.1. The fraction of sp³-hybridized carbons (Fsp3) is 0.917. The number of allylic oxidation sites excluding steroid dienone is 1. The van der Waals surface area contributed by atoms with Gasteiger partial charge in [0.05, 0.1) is 0 Å². The van der Waals surface area contributed by atoms with E-state index in [2.05, 4.69) is 37.9 Å². The van der Waals surface area contributed by atoms with Crippen molar-refractivity contribution in [2.75, 3.05) is 13.1 Å². The van der Waals surface area contributed by atoms with Crippen LogP contribution < -0.4 is 0 Å². The Hall–Kier alpha value is -0.460. The average Bonchev–Trinajstić information content (AvgIpc) is 2.63. The van der Waals surface area contributed by atoms with Crippen LogP contribution in [0.3, 0.4) is 0 Å². The van der Waals surface area contributed by atoms with Crippen LogP contribution in [-0.2, 0) is 0 Å². The summed E-state index contributed by atoms with van der Waals surface area (Å²) in [6, 6.07) is 0. The third kappa shape index (κ3) is 19.7. The summed E-state index contributed by atoms with van der Waals surface area (Å²) < 4.78 is 0. The predicted octanol–water partition coefficient (Wildman–Crippen LogP) is 8.49. The number of unbranched alkanes of at least 4 members (excludes halogenated alkanes) is 14. The fourth-order valence-corrected chi connectivity index (χ4v) is 3.41. The monoisotopic (exact) mass is 351 g/mol. The molecule has 0 aliphatic heterocycles. The zero-order valence-corrected chi connectivity index (χ0v) is 18.0. The molecule has 0 aliphatic carbocycles. The van der Waals surface area contributed by atoms with E-state index in [1.165, 1.54) is 116 Å². The van der Waals surface area contributed by atoms with Crippen LogP contribution >= 0.6 is 0 Å². The van der Waals surface area contributed by atoms with Crippen LogP contribution in [0.15, 0.2) is 12.3 Å². The van der Waals surface area contributed by atoms with Crippen molar-refractivity contribution in [2.45, 2.75) is 130 Å². The Kier molecular flexibility index (Phi) is 21.2. The first-order chi connectivity index (χ1) is 12.3. The van der Waals surface area contributed by atoms with Crippen LogP contribution in [0.5, 0.6) is 0 Å². The minimum atomic E-state index is 1.16. The molecular formula is C24H49N. The maximum Gasteiger partial charge on any atom is 0.0172 e. The second-order valence-corrected chi connectivity index (χ2v) is 7.78. The normalized spacial score (nSPS) is 11.5. The molecular weight excluding hydrogens is 302 g/mol. The van der Waals surface area contributed by atoms with Gasteiger partial charge in [-0.05, 0) is 25.5 Å². The second-order valence-electron chi connectivity index (χ2n) is 7.78. The van der Waals surface area contributed by atoms with Crippen LogP contribution in [0.2, 0.25) is 0 Å². The summed E-state index contributed by atoms with van der Waals surface area (Å²) in [6.07, 6.45) is 28.6. The molecule has 0 aromatic carbocycles. The average molecular weight is 352 g/mol. The molecule has 25 heavy (non-hydrogen) atoms. The summed E-state index contributed by atoms with van der Waals surface area (Å²) in [7, 11) is 0. The first-order valence-corrected chi connectivity index (χ1v) is 11.8. The molecule has 0 unspecified atom stereocenters. The molecule has 1 nitrogen and oxygen atoms in total. The van der Waals surface area contributed by atoms with Crippen molar-refractivity contribution in [3.63, 3.8) is 0 Å². The molecule has 0 atom stereocenters. The molecule has 1 heteroatoms. The number of rotatable bonds is 20. The van der Waals surface area contributed by atoms with E-state index < -0.39 is 0 Å². The molecule has 0 N–H and O–H groups in total. The van der Waals surface area contributed by atoms with Gasteiger partial charge in [0.25, 0.3) is 0 Å². The van der Waals surface area contributed by atoms with E-state index in [9.17, 15) is 0 Å². The van der Waals surface area contributed by atoms with E-state index in [4.69, 9.17) is 0 Å². The molecule has 0 rings (SSSR count). The molecule has 0 saturated heterocycles. The van der Waals surface area contributed by atoms with Crippen molar-refractivity contribution in [2.24, 2.45) is 0 Å². The third-order valence-electron chi connectivity index (χ3n) is 5.15.